The Morgan fingerprint density at radius 3 is 2.37 bits per heavy atom. The van der Waals surface area contributed by atoms with Crippen molar-refractivity contribution in [3.8, 4) is 0 Å². The van der Waals surface area contributed by atoms with Gasteiger partial charge >= 0.3 is 5.76 Å². The minimum atomic E-state index is -0.260. The molecular formula is C16H21NO2. The van der Waals surface area contributed by atoms with E-state index in [1.165, 1.54) is 0 Å². The number of rotatable bonds is 4. The Hall–Kier alpha value is -1.77. The van der Waals surface area contributed by atoms with Crippen molar-refractivity contribution in [3.63, 3.8) is 0 Å². The van der Waals surface area contributed by atoms with E-state index in [0.717, 1.165) is 17.0 Å². The molecule has 0 aliphatic rings. The van der Waals surface area contributed by atoms with E-state index in [0.29, 0.717) is 18.4 Å². The monoisotopic (exact) mass is 259 g/mol. The van der Waals surface area contributed by atoms with Crippen LogP contribution in [0.15, 0.2) is 39.5 Å². The fourth-order valence-electron chi connectivity index (χ4n) is 2.32. The van der Waals surface area contributed by atoms with Crippen LogP contribution in [-0.2, 0) is 6.54 Å². The number of aryl methyl sites for hydroxylation is 1. The lowest BCUT2D eigenvalue weighted by Crippen LogP contribution is -2.20. The Labute approximate surface area is 113 Å². The van der Waals surface area contributed by atoms with Crippen LogP contribution in [0.5, 0.6) is 0 Å². The summed E-state index contributed by atoms with van der Waals surface area (Å²) in [5, 5.41) is 0. The number of benzene rings is 1. The molecule has 19 heavy (non-hydrogen) atoms. The van der Waals surface area contributed by atoms with Crippen molar-refractivity contribution in [1.82, 2.24) is 4.57 Å². The summed E-state index contributed by atoms with van der Waals surface area (Å²) in [5.41, 5.74) is 2.13. The van der Waals surface area contributed by atoms with Crippen LogP contribution in [0.2, 0.25) is 0 Å². The third-order valence-electron chi connectivity index (χ3n) is 3.73. The van der Waals surface area contributed by atoms with E-state index in [1.54, 1.807) is 4.57 Å². The molecule has 1 heterocycles. The second kappa shape index (κ2) is 5.47. The average molecular weight is 259 g/mol. The smallest absolute Gasteiger partial charge is 0.413 e. The van der Waals surface area contributed by atoms with E-state index in [-0.39, 0.29) is 5.76 Å². The number of aromatic nitrogens is 1. The van der Waals surface area contributed by atoms with Gasteiger partial charge in [0.05, 0.1) is 12.2 Å². The highest BCUT2D eigenvalue weighted by atomic mass is 16.4. The first-order valence-electron chi connectivity index (χ1n) is 6.74. The van der Waals surface area contributed by atoms with Crippen LogP contribution in [-0.4, -0.2) is 4.57 Å². The SMILES string of the molecule is Cc1oc(=O)n(Cc2ccccc2)c1C(C)C(C)C. The molecule has 1 atom stereocenters. The molecular weight excluding hydrogens is 238 g/mol. The molecule has 0 aliphatic carbocycles. The molecule has 0 saturated heterocycles. The van der Waals surface area contributed by atoms with Crippen LogP contribution in [0, 0.1) is 12.8 Å². The van der Waals surface area contributed by atoms with Gasteiger partial charge in [-0.2, -0.15) is 0 Å². The average Bonchev–Trinajstić information content (AvgIpc) is 2.64. The molecule has 0 bridgehead atoms. The Morgan fingerprint density at radius 1 is 1.16 bits per heavy atom. The highest BCUT2D eigenvalue weighted by Crippen LogP contribution is 2.26. The fourth-order valence-corrected chi connectivity index (χ4v) is 2.32. The largest absolute Gasteiger partial charge is 0.419 e. The summed E-state index contributed by atoms with van der Waals surface area (Å²) in [7, 11) is 0. The summed E-state index contributed by atoms with van der Waals surface area (Å²) in [5.74, 6) is 1.25. The van der Waals surface area contributed by atoms with Crippen molar-refractivity contribution in [2.45, 2.75) is 40.2 Å². The molecule has 0 aliphatic heterocycles. The van der Waals surface area contributed by atoms with Gasteiger partial charge in [0.1, 0.15) is 5.76 Å². The highest BCUT2D eigenvalue weighted by Gasteiger charge is 2.21. The van der Waals surface area contributed by atoms with Gasteiger partial charge in [-0.05, 0) is 18.4 Å². The van der Waals surface area contributed by atoms with E-state index in [4.69, 9.17) is 4.42 Å². The molecule has 0 amide bonds. The number of hydrogen-bond donors (Lipinski definition) is 0. The lowest BCUT2D eigenvalue weighted by molar-refractivity contribution is 0.466. The van der Waals surface area contributed by atoms with E-state index >= 15 is 0 Å². The van der Waals surface area contributed by atoms with E-state index in [9.17, 15) is 4.79 Å². The van der Waals surface area contributed by atoms with E-state index in [1.807, 2.05) is 37.3 Å². The van der Waals surface area contributed by atoms with Crippen LogP contribution in [0.25, 0.3) is 0 Å². The summed E-state index contributed by atoms with van der Waals surface area (Å²) in [6, 6.07) is 10.00. The Bertz CT molecular complexity index is 593. The van der Waals surface area contributed by atoms with E-state index in [2.05, 4.69) is 20.8 Å². The second-order valence-corrected chi connectivity index (χ2v) is 5.41. The van der Waals surface area contributed by atoms with Crippen molar-refractivity contribution >= 4 is 0 Å². The summed E-state index contributed by atoms with van der Waals surface area (Å²) in [6.07, 6.45) is 0. The fraction of sp³-hybridized carbons (Fsp3) is 0.438. The van der Waals surface area contributed by atoms with Crippen LogP contribution >= 0.6 is 0 Å². The molecule has 2 aromatic rings. The van der Waals surface area contributed by atoms with Crippen molar-refractivity contribution in [1.29, 1.82) is 0 Å². The summed E-state index contributed by atoms with van der Waals surface area (Å²) < 4.78 is 7.06. The molecule has 0 saturated carbocycles. The number of hydrogen-bond acceptors (Lipinski definition) is 2. The third kappa shape index (κ3) is 2.80. The summed E-state index contributed by atoms with van der Waals surface area (Å²) in [6.45, 7) is 8.91. The van der Waals surface area contributed by atoms with Gasteiger partial charge < -0.3 is 4.42 Å². The van der Waals surface area contributed by atoms with Crippen molar-refractivity contribution in [2.75, 3.05) is 0 Å². The quantitative estimate of drug-likeness (QED) is 0.841. The lowest BCUT2D eigenvalue weighted by Gasteiger charge is -2.17. The second-order valence-electron chi connectivity index (χ2n) is 5.41. The topological polar surface area (TPSA) is 35.1 Å². The summed E-state index contributed by atoms with van der Waals surface area (Å²) >= 11 is 0. The predicted octanol–water partition coefficient (Wildman–Crippen LogP) is 3.56. The molecule has 0 spiro atoms. The van der Waals surface area contributed by atoms with Gasteiger partial charge in [-0.3, -0.25) is 4.57 Å². The maximum atomic E-state index is 12.0. The standard InChI is InChI=1S/C16H21NO2/c1-11(2)12(3)15-13(4)19-16(18)17(15)10-14-8-6-5-7-9-14/h5-9,11-12H,10H2,1-4H3. The van der Waals surface area contributed by atoms with Crippen molar-refractivity contribution < 1.29 is 4.42 Å². The van der Waals surface area contributed by atoms with Crippen molar-refractivity contribution in [3.05, 3.63) is 57.9 Å². The van der Waals surface area contributed by atoms with Gasteiger partial charge in [0, 0.05) is 5.92 Å². The van der Waals surface area contributed by atoms with Gasteiger partial charge in [0.2, 0.25) is 0 Å². The van der Waals surface area contributed by atoms with Gasteiger partial charge in [-0.25, -0.2) is 4.79 Å². The first-order chi connectivity index (χ1) is 9.00. The van der Waals surface area contributed by atoms with Crippen molar-refractivity contribution in [2.24, 2.45) is 5.92 Å². The minimum absolute atomic E-state index is 0.260. The van der Waals surface area contributed by atoms with Gasteiger partial charge in [-0.15, -0.1) is 0 Å². The number of nitrogens with zero attached hydrogens (tertiary/aromatic N) is 1. The molecule has 3 heteroatoms. The molecule has 102 valence electrons. The van der Waals surface area contributed by atoms with Gasteiger partial charge in [0.25, 0.3) is 0 Å². The minimum Gasteiger partial charge on any atom is -0.413 e. The van der Waals surface area contributed by atoms with Gasteiger partial charge in [-0.1, -0.05) is 51.1 Å². The lowest BCUT2D eigenvalue weighted by atomic mass is 9.93. The Kier molecular flexibility index (Phi) is 3.93. The Balaban J connectivity index is 2.43. The molecule has 1 aromatic carbocycles. The highest BCUT2D eigenvalue weighted by molar-refractivity contribution is 5.19. The molecule has 2 rings (SSSR count). The Morgan fingerprint density at radius 2 is 1.79 bits per heavy atom. The zero-order valence-electron chi connectivity index (χ0n) is 12.0. The van der Waals surface area contributed by atoms with Crippen LogP contribution in [0.4, 0.5) is 0 Å². The van der Waals surface area contributed by atoms with Crippen LogP contribution < -0.4 is 5.76 Å². The predicted molar refractivity (Wildman–Crippen MR) is 76.5 cm³/mol. The van der Waals surface area contributed by atoms with Gasteiger partial charge in [0.15, 0.2) is 0 Å². The summed E-state index contributed by atoms with van der Waals surface area (Å²) in [4.78, 5) is 12.0. The first-order valence-corrected chi connectivity index (χ1v) is 6.74. The molecule has 1 unspecified atom stereocenters. The maximum Gasteiger partial charge on any atom is 0.419 e. The third-order valence-corrected chi connectivity index (χ3v) is 3.73. The maximum absolute atomic E-state index is 12.0. The van der Waals surface area contributed by atoms with E-state index < -0.39 is 0 Å². The molecule has 1 aromatic heterocycles. The zero-order chi connectivity index (χ0) is 14.0. The van der Waals surface area contributed by atoms with Crippen LogP contribution in [0.3, 0.4) is 0 Å². The zero-order valence-corrected chi connectivity index (χ0v) is 12.0. The first kappa shape index (κ1) is 13.7. The molecule has 0 fully saturated rings. The van der Waals surface area contributed by atoms with Crippen LogP contribution in [0.1, 0.15) is 43.7 Å². The molecule has 0 N–H and O–H groups in total. The molecule has 3 nitrogen and oxygen atoms in total. The molecule has 0 radical (unpaired) electrons. The normalized spacial score (nSPS) is 12.9. The number of oxazole rings is 1.